The Morgan fingerprint density at radius 3 is 2.48 bits per heavy atom. The summed E-state index contributed by atoms with van der Waals surface area (Å²) in [6, 6.07) is 6.17. The van der Waals surface area contributed by atoms with Gasteiger partial charge in [0.1, 0.15) is 18.7 Å². The lowest BCUT2D eigenvalue weighted by molar-refractivity contribution is 0.289. The maximum atomic E-state index is 12.3. The molecule has 0 unspecified atom stereocenters. The van der Waals surface area contributed by atoms with Gasteiger partial charge in [0.05, 0.1) is 4.90 Å². The van der Waals surface area contributed by atoms with Gasteiger partial charge in [-0.2, -0.15) is 5.10 Å². The minimum absolute atomic E-state index is 0.157. The van der Waals surface area contributed by atoms with Crippen LogP contribution in [0.1, 0.15) is 19.7 Å². The molecule has 1 heterocycles. The number of aromatic nitrogens is 3. The van der Waals surface area contributed by atoms with Crippen molar-refractivity contribution in [1.29, 1.82) is 0 Å². The zero-order chi connectivity index (χ0) is 17.1. The van der Waals surface area contributed by atoms with Crippen molar-refractivity contribution in [3.8, 4) is 5.75 Å². The molecule has 0 atom stereocenters. The smallest absolute Gasteiger partial charge is 0.241 e. The van der Waals surface area contributed by atoms with Crippen molar-refractivity contribution in [1.82, 2.24) is 19.5 Å². The summed E-state index contributed by atoms with van der Waals surface area (Å²) in [6.07, 6.45) is 1.44. The Balaban J connectivity index is 2.05. The quantitative estimate of drug-likeness (QED) is 0.755. The van der Waals surface area contributed by atoms with Crippen LogP contribution in [0.5, 0.6) is 5.75 Å². The third-order valence-electron chi connectivity index (χ3n) is 3.23. The molecule has 0 aliphatic heterocycles. The van der Waals surface area contributed by atoms with Crippen molar-refractivity contribution < 1.29 is 13.2 Å². The summed E-state index contributed by atoms with van der Waals surface area (Å²) in [5.41, 5.74) is 4.84. The second-order valence-corrected chi connectivity index (χ2v) is 7.44. The van der Waals surface area contributed by atoms with Crippen LogP contribution in [-0.4, -0.2) is 35.3 Å². The molecule has 2 aromatic rings. The van der Waals surface area contributed by atoms with E-state index in [1.807, 2.05) is 0 Å². The summed E-state index contributed by atoms with van der Waals surface area (Å²) in [4.78, 5) is 4.20. The van der Waals surface area contributed by atoms with Crippen molar-refractivity contribution >= 4 is 10.0 Å². The summed E-state index contributed by atoms with van der Waals surface area (Å²) in [7, 11) is -1.85. The highest BCUT2D eigenvalue weighted by Gasteiger charge is 2.24. The van der Waals surface area contributed by atoms with Gasteiger partial charge in [0.2, 0.25) is 10.0 Å². The molecule has 0 spiro atoms. The first kappa shape index (κ1) is 17.4. The molecule has 1 aromatic carbocycles. The van der Waals surface area contributed by atoms with Gasteiger partial charge in [-0.25, -0.2) is 18.1 Å². The van der Waals surface area contributed by atoms with Gasteiger partial charge in [-0.1, -0.05) is 0 Å². The molecule has 0 aliphatic carbocycles. The van der Waals surface area contributed by atoms with Crippen LogP contribution in [0, 0.1) is 0 Å². The molecular weight excluding hydrogens is 318 g/mol. The van der Waals surface area contributed by atoms with Crippen molar-refractivity contribution in [2.24, 2.45) is 12.8 Å². The number of aryl methyl sites for hydroxylation is 1. The SMILES string of the molecule is Cn1ncnc1COc1ccc(S(=O)(=O)NC(C)(C)CN)cc1. The number of hydrogen-bond donors (Lipinski definition) is 2. The predicted octanol–water partition coefficient (Wildman–Crippen LogP) is 0.410. The van der Waals surface area contributed by atoms with E-state index >= 15 is 0 Å². The molecule has 0 saturated heterocycles. The van der Waals surface area contributed by atoms with E-state index in [9.17, 15) is 8.42 Å². The lowest BCUT2D eigenvalue weighted by Crippen LogP contribution is -2.48. The average Bonchev–Trinajstić information content (AvgIpc) is 2.90. The Morgan fingerprint density at radius 1 is 1.30 bits per heavy atom. The van der Waals surface area contributed by atoms with Gasteiger partial charge in [-0.05, 0) is 38.1 Å². The zero-order valence-corrected chi connectivity index (χ0v) is 14.2. The van der Waals surface area contributed by atoms with Gasteiger partial charge in [0.15, 0.2) is 5.82 Å². The molecule has 9 heteroatoms. The summed E-state index contributed by atoms with van der Waals surface area (Å²) in [5, 5.41) is 3.95. The predicted molar refractivity (Wildman–Crippen MR) is 85.2 cm³/mol. The van der Waals surface area contributed by atoms with E-state index in [4.69, 9.17) is 10.5 Å². The summed E-state index contributed by atoms with van der Waals surface area (Å²) < 4.78 is 34.3. The van der Waals surface area contributed by atoms with Gasteiger partial charge < -0.3 is 10.5 Å². The van der Waals surface area contributed by atoms with Crippen LogP contribution in [0.15, 0.2) is 35.5 Å². The first-order valence-corrected chi connectivity index (χ1v) is 8.52. The summed E-state index contributed by atoms with van der Waals surface area (Å²) in [6.45, 7) is 3.90. The molecule has 8 nitrogen and oxygen atoms in total. The number of nitrogens with one attached hydrogen (secondary N) is 1. The van der Waals surface area contributed by atoms with Gasteiger partial charge in [0, 0.05) is 19.1 Å². The highest BCUT2D eigenvalue weighted by molar-refractivity contribution is 7.89. The second-order valence-electron chi connectivity index (χ2n) is 5.75. The fraction of sp³-hybridized carbons (Fsp3) is 0.429. The molecule has 23 heavy (non-hydrogen) atoms. The Labute approximate surface area is 135 Å². The van der Waals surface area contributed by atoms with Crippen LogP contribution in [-0.2, 0) is 23.7 Å². The molecule has 0 radical (unpaired) electrons. The molecule has 0 amide bonds. The lowest BCUT2D eigenvalue weighted by atomic mass is 10.1. The maximum absolute atomic E-state index is 12.3. The van der Waals surface area contributed by atoms with E-state index in [2.05, 4.69) is 14.8 Å². The fourth-order valence-electron chi connectivity index (χ4n) is 1.78. The third kappa shape index (κ3) is 4.50. The van der Waals surface area contributed by atoms with E-state index in [1.54, 1.807) is 37.7 Å². The lowest BCUT2D eigenvalue weighted by Gasteiger charge is -2.23. The number of hydrogen-bond acceptors (Lipinski definition) is 6. The van der Waals surface area contributed by atoms with Crippen LogP contribution in [0.2, 0.25) is 0 Å². The molecule has 3 N–H and O–H groups in total. The molecule has 126 valence electrons. The average molecular weight is 339 g/mol. The fourth-order valence-corrected chi connectivity index (χ4v) is 3.20. The maximum Gasteiger partial charge on any atom is 0.241 e. The van der Waals surface area contributed by atoms with Crippen molar-refractivity contribution in [2.75, 3.05) is 6.54 Å². The van der Waals surface area contributed by atoms with E-state index in [1.165, 1.54) is 18.5 Å². The Kier molecular flexibility index (Phi) is 5.03. The summed E-state index contributed by atoms with van der Waals surface area (Å²) in [5.74, 6) is 1.22. The van der Waals surface area contributed by atoms with Gasteiger partial charge in [0.25, 0.3) is 0 Å². The zero-order valence-electron chi connectivity index (χ0n) is 13.4. The molecule has 0 aliphatic rings. The topological polar surface area (TPSA) is 112 Å². The van der Waals surface area contributed by atoms with Crippen LogP contribution < -0.4 is 15.2 Å². The van der Waals surface area contributed by atoms with Crippen LogP contribution in [0.3, 0.4) is 0 Å². The van der Waals surface area contributed by atoms with Gasteiger partial charge >= 0.3 is 0 Å². The molecular formula is C14H21N5O3S. The minimum atomic E-state index is -3.62. The number of benzene rings is 1. The van der Waals surface area contributed by atoms with E-state index in [-0.39, 0.29) is 18.0 Å². The highest BCUT2D eigenvalue weighted by Crippen LogP contribution is 2.18. The molecule has 0 bridgehead atoms. The monoisotopic (exact) mass is 339 g/mol. The molecule has 0 fully saturated rings. The third-order valence-corrected chi connectivity index (χ3v) is 4.94. The van der Waals surface area contributed by atoms with Gasteiger partial charge in [-0.15, -0.1) is 0 Å². The molecule has 0 saturated carbocycles. The van der Waals surface area contributed by atoms with Crippen molar-refractivity contribution in [2.45, 2.75) is 30.9 Å². The Hall–Kier alpha value is -1.97. The minimum Gasteiger partial charge on any atom is -0.486 e. The normalized spacial score (nSPS) is 12.3. The first-order chi connectivity index (χ1) is 10.7. The molecule has 1 aromatic heterocycles. The van der Waals surface area contributed by atoms with E-state index in [0.717, 1.165) is 0 Å². The second kappa shape index (κ2) is 6.65. The molecule has 2 rings (SSSR count). The number of nitrogens with two attached hydrogens (primary N) is 1. The Bertz CT molecular complexity index is 753. The van der Waals surface area contributed by atoms with Crippen molar-refractivity contribution in [3.05, 3.63) is 36.4 Å². The number of nitrogens with zero attached hydrogens (tertiary/aromatic N) is 3. The van der Waals surface area contributed by atoms with E-state index in [0.29, 0.717) is 11.6 Å². The standard InChI is InChI=1S/C14H21N5O3S/c1-14(2,9-15)18-23(20,21)12-6-4-11(5-7-12)22-8-13-16-10-17-19(13)3/h4-7,10,18H,8-9,15H2,1-3H3. The first-order valence-electron chi connectivity index (χ1n) is 7.03. The van der Waals surface area contributed by atoms with E-state index < -0.39 is 15.6 Å². The number of rotatable bonds is 7. The number of ether oxygens (including phenoxy) is 1. The summed E-state index contributed by atoms with van der Waals surface area (Å²) >= 11 is 0. The van der Waals surface area contributed by atoms with Crippen LogP contribution >= 0.6 is 0 Å². The van der Waals surface area contributed by atoms with Crippen LogP contribution in [0.25, 0.3) is 0 Å². The highest BCUT2D eigenvalue weighted by atomic mass is 32.2. The largest absolute Gasteiger partial charge is 0.486 e. The Morgan fingerprint density at radius 2 is 1.96 bits per heavy atom. The van der Waals surface area contributed by atoms with Gasteiger partial charge in [-0.3, -0.25) is 4.68 Å². The van der Waals surface area contributed by atoms with Crippen molar-refractivity contribution in [3.63, 3.8) is 0 Å². The van der Waals surface area contributed by atoms with Crippen LogP contribution in [0.4, 0.5) is 0 Å². The number of sulfonamides is 1.